The lowest BCUT2D eigenvalue weighted by Crippen LogP contribution is -2.24. The zero-order valence-corrected chi connectivity index (χ0v) is 15.7. The minimum absolute atomic E-state index is 0.00918. The molecule has 0 bridgehead atoms. The number of carbonyl (C=O) groups excluding carboxylic acids is 2. The molecule has 1 aliphatic heterocycles. The van der Waals surface area contributed by atoms with Crippen LogP contribution in [0.3, 0.4) is 0 Å². The van der Waals surface area contributed by atoms with E-state index >= 15 is 0 Å². The summed E-state index contributed by atoms with van der Waals surface area (Å²) in [4.78, 5) is 26.6. The van der Waals surface area contributed by atoms with Crippen LogP contribution in [0.25, 0.3) is 0 Å². The van der Waals surface area contributed by atoms with Gasteiger partial charge in [-0.3, -0.25) is 9.59 Å². The Balaban J connectivity index is 1.70. The molecule has 1 atom stereocenters. The molecule has 1 aromatic carbocycles. The number of hydrogen-bond acceptors (Lipinski definition) is 4. The fraction of sp³-hybridized carbons (Fsp3) is 0.368. The SMILES string of the molecule is CC1OCc2sc(NC(=O)c3cc(F)ccc3Cl)c(C(=O)C3CCC3)c21. The van der Waals surface area contributed by atoms with E-state index in [0.717, 1.165) is 35.8 Å². The van der Waals surface area contributed by atoms with E-state index in [-0.39, 0.29) is 28.4 Å². The minimum atomic E-state index is -0.541. The lowest BCUT2D eigenvalue weighted by Gasteiger charge is -2.25. The van der Waals surface area contributed by atoms with Crippen molar-refractivity contribution in [3.8, 4) is 0 Å². The highest BCUT2D eigenvalue weighted by Gasteiger charge is 2.36. The van der Waals surface area contributed by atoms with Gasteiger partial charge in [-0.2, -0.15) is 0 Å². The van der Waals surface area contributed by atoms with Crippen LogP contribution in [0.2, 0.25) is 5.02 Å². The van der Waals surface area contributed by atoms with Gasteiger partial charge in [-0.1, -0.05) is 18.0 Å². The molecule has 0 spiro atoms. The quantitative estimate of drug-likeness (QED) is 0.711. The topological polar surface area (TPSA) is 55.4 Å². The summed E-state index contributed by atoms with van der Waals surface area (Å²) >= 11 is 7.38. The molecule has 2 aliphatic rings. The molecule has 4 rings (SSSR count). The maximum absolute atomic E-state index is 13.5. The van der Waals surface area contributed by atoms with Crippen LogP contribution in [0, 0.1) is 11.7 Å². The lowest BCUT2D eigenvalue weighted by molar-refractivity contribution is 0.0766. The molecule has 1 aromatic heterocycles. The molecule has 2 aromatic rings. The number of benzene rings is 1. The highest BCUT2D eigenvalue weighted by molar-refractivity contribution is 7.17. The van der Waals surface area contributed by atoms with Gasteiger partial charge in [0.2, 0.25) is 0 Å². The van der Waals surface area contributed by atoms with Crippen molar-refractivity contribution in [1.29, 1.82) is 0 Å². The number of thiophene rings is 1. The van der Waals surface area contributed by atoms with Crippen molar-refractivity contribution in [1.82, 2.24) is 0 Å². The third-order valence-electron chi connectivity index (χ3n) is 5.02. The molecule has 1 fully saturated rings. The van der Waals surface area contributed by atoms with Crippen molar-refractivity contribution < 1.29 is 18.7 Å². The number of rotatable bonds is 4. The molecular weight excluding hydrogens is 377 g/mol. The molecule has 0 radical (unpaired) electrons. The standard InChI is InChI=1S/C19H17ClFNO3S/c1-9-15-14(8-25-9)26-19(16(15)17(23)10-3-2-4-10)22-18(24)12-7-11(21)5-6-13(12)20/h5-7,9-10H,2-4,8H2,1H3,(H,22,24). The molecule has 26 heavy (non-hydrogen) atoms. The largest absolute Gasteiger partial charge is 0.368 e. The molecule has 7 heteroatoms. The Morgan fingerprint density at radius 1 is 1.35 bits per heavy atom. The number of Topliss-reactive ketones (excluding diaryl/α,β-unsaturated/α-hetero) is 1. The van der Waals surface area contributed by atoms with Gasteiger partial charge < -0.3 is 10.1 Å². The van der Waals surface area contributed by atoms with E-state index in [4.69, 9.17) is 16.3 Å². The van der Waals surface area contributed by atoms with Gasteiger partial charge in [0.1, 0.15) is 10.8 Å². The first-order valence-corrected chi connectivity index (χ1v) is 9.73. The van der Waals surface area contributed by atoms with Crippen LogP contribution in [0.1, 0.15) is 63.4 Å². The molecule has 136 valence electrons. The van der Waals surface area contributed by atoms with Crippen molar-refractivity contribution in [2.24, 2.45) is 5.92 Å². The number of carbonyl (C=O) groups is 2. The third-order valence-corrected chi connectivity index (χ3v) is 6.44. The Kier molecular flexibility index (Phi) is 4.59. The summed E-state index contributed by atoms with van der Waals surface area (Å²) in [7, 11) is 0. The average Bonchev–Trinajstić information content (AvgIpc) is 3.07. The highest BCUT2D eigenvalue weighted by atomic mass is 35.5. The van der Waals surface area contributed by atoms with Crippen LogP contribution in [-0.2, 0) is 11.3 Å². The lowest BCUT2D eigenvalue weighted by atomic mass is 9.79. The molecule has 4 nitrogen and oxygen atoms in total. The summed E-state index contributed by atoms with van der Waals surface area (Å²) < 4.78 is 19.1. The van der Waals surface area contributed by atoms with Crippen molar-refractivity contribution in [3.05, 3.63) is 50.6 Å². The Bertz CT molecular complexity index is 906. The molecular formula is C19H17ClFNO3S. The predicted molar refractivity (Wildman–Crippen MR) is 98.6 cm³/mol. The molecule has 1 aliphatic carbocycles. The second-order valence-corrected chi connectivity index (χ2v) is 8.18. The number of halogens is 2. The number of ether oxygens (including phenoxy) is 1. The summed E-state index contributed by atoms with van der Waals surface area (Å²) in [6.07, 6.45) is 2.63. The van der Waals surface area contributed by atoms with Gasteiger partial charge in [0.05, 0.1) is 28.9 Å². The zero-order valence-electron chi connectivity index (χ0n) is 14.1. The van der Waals surface area contributed by atoms with Crippen LogP contribution >= 0.6 is 22.9 Å². The molecule has 1 N–H and O–H groups in total. The smallest absolute Gasteiger partial charge is 0.257 e. The number of ketones is 1. The molecule has 2 heterocycles. The van der Waals surface area contributed by atoms with E-state index < -0.39 is 11.7 Å². The van der Waals surface area contributed by atoms with Crippen molar-refractivity contribution in [2.45, 2.75) is 38.9 Å². The van der Waals surface area contributed by atoms with Gasteiger partial charge in [-0.25, -0.2) is 4.39 Å². The Labute approximate surface area is 159 Å². The summed E-state index contributed by atoms with van der Waals surface area (Å²) in [6.45, 7) is 2.34. The Hall–Kier alpha value is -1.76. The zero-order chi connectivity index (χ0) is 18.4. The molecule has 1 unspecified atom stereocenters. The molecule has 0 saturated heterocycles. The number of fused-ring (bicyclic) bond motifs is 1. The van der Waals surface area contributed by atoms with Crippen molar-refractivity contribution >= 4 is 39.6 Å². The monoisotopic (exact) mass is 393 g/mol. The van der Waals surface area contributed by atoms with E-state index in [0.29, 0.717) is 17.2 Å². The maximum Gasteiger partial charge on any atom is 0.257 e. The third kappa shape index (κ3) is 2.96. The van der Waals surface area contributed by atoms with Crippen LogP contribution in [0.4, 0.5) is 9.39 Å². The fourth-order valence-electron chi connectivity index (χ4n) is 3.36. The number of anilines is 1. The summed E-state index contributed by atoms with van der Waals surface area (Å²) in [5, 5.41) is 3.45. The van der Waals surface area contributed by atoms with Crippen LogP contribution in [0.5, 0.6) is 0 Å². The van der Waals surface area contributed by atoms with Crippen LogP contribution in [0.15, 0.2) is 18.2 Å². The van der Waals surface area contributed by atoms with E-state index in [2.05, 4.69) is 5.32 Å². The first kappa shape index (κ1) is 17.6. The first-order chi connectivity index (χ1) is 12.5. The summed E-state index contributed by atoms with van der Waals surface area (Å²) in [6, 6.07) is 3.64. The number of hydrogen-bond donors (Lipinski definition) is 1. The number of amides is 1. The minimum Gasteiger partial charge on any atom is -0.368 e. The van der Waals surface area contributed by atoms with Crippen LogP contribution in [-0.4, -0.2) is 11.7 Å². The van der Waals surface area contributed by atoms with Gasteiger partial charge in [0.25, 0.3) is 5.91 Å². The normalized spacial score (nSPS) is 19.1. The van der Waals surface area contributed by atoms with Crippen molar-refractivity contribution in [2.75, 3.05) is 5.32 Å². The van der Waals surface area contributed by atoms with Gasteiger partial charge in [-0.15, -0.1) is 11.3 Å². The molecule has 1 amide bonds. The van der Waals surface area contributed by atoms with E-state index in [1.807, 2.05) is 6.92 Å². The van der Waals surface area contributed by atoms with E-state index in [1.165, 1.54) is 23.5 Å². The van der Waals surface area contributed by atoms with E-state index in [1.54, 1.807) is 0 Å². The van der Waals surface area contributed by atoms with Crippen molar-refractivity contribution in [3.63, 3.8) is 0 Å². The van der Waals surface area contributed by atoms with Gasteiger partial charge in [0, 0.05) is 16.4 Å². The van der Waals surface area contributed by atoms with Crippen LogP contribution < -0.4 is 5.32 Å². The maximum atomic E-state index is 13.5. The summed E-state index contributed by atoms with van der Waals surface area (Å²) in [5.74, 6) is -0.992. The first-order valence-electron chi connectivity index (χ1n) is 8.53. The van der Waals surface area contributed by atoms with E-state index in [9.17, 15) is 14.0 Å². The number of nitrogens with one attached hydrogen (secondary N) is 1. The Morgan fingerprint density at radius 3 is 2.81 bits per heavy atom. The molecule has 1 saturated carbocycles. The Morgan fingerprint density at radius 2 is 2.12 bits per heavy atom. The van der Waals surface area contributed by atoms with Gasteiger partial charge in [-0.05, 0) is 38.0 Å². The van der Waals surface area contributed by atoms with Gasteiger partial charge in [0.15, 0.2) is 5.78 Å². The fourth-order valence-corrected chi connectivity index (χ4v) is 4.77. The predicted octanol–water partition coefficient (Wildman–Crippen LogP) is 5.37. The highest BCUT2D eigenvalue weighted by Crippen LogP contribution is 2.46. The second-order valence-electron chi connectivity index (χ2n) is 6.67. The average molecular weight is 394 g/mol. The van der Waals surface area contributed by atoms with Gasteiger partial charge >= 0.3 is 0 Å². The second kappa shape index (κ2) is 6.76. The summed E-state index contributed by atoms with van der Waals surface area (Å²) in [5.41, 5.74) is 1.49.